The van der Waals surface area contributed by atoms with Crippen molar-refractivity contribution in [3.63, 3.8) is 0 Å². The van der Waals surface area contributed by atoms with Crippen molar-refractivity contribution in [2.75, 3.05) is 13.1 Å². The minimum atomic E-state index is -3.83. The molecule has 0 radical (unpaired) electrons. The Labute approximate surface area is 201 Å². The van der Waals surface area contributed by atoms with E-state index >= 15 is 0 Å². The number of carbonyl (C=O) groups excluding carboxylic acids is 1. The number of aliphatic hydroxyl groups excluding tert-OH is 1. The molecule has 1 heterocycles. The molecule has 1 aromatic heterocycles. The first-order valence-electron chi connectivity index (χ1n) is 11.3. The molecule has 0 fully saturated rings. The highest BCUT2D eigenvalue weighted by atomic mass is 32.2. The molecule has 0 aliphatic heterocycles. The Bertz CT molecular complexity index is 1170. The van der Waals surface area contributed by atoms with E-state index in [1.54, 1.807) is 12.1 Å². The van der Waals surface area contributed by atoms with Crippen LogP contribution in [0.2, 0.25) is 0 Å². The maximum Gasteiger partial charge on any atom is 0.258 e. The largest absolute Gasteiger partial charge is 0.390 e. The van der Waals surface area contributed by atoms with Crippen LogP contribution in [-0.4, -0.2) is 43.6 Å². The van der Waals surface area contributed by atoms with Crippen molar-refractivity contribution in [3.8, 4) is 11.1 Å². The summed E-state index contributed by atoms with van der Waals surface area (Å²) in [6, 6.07) is 22.5. The number of sulfonamides is 1. The number of nitrogens with zero attached hydrogens (tertiary/aromatic N) is 1. The van der Waals surface area contributed by atoms with Crippen molar-refractivity contribution in [2.45, 2.75) is 37.3 Å². The van der Waals surface area contributed by atoms with Crippen molar-refractivity contribution >= 4 is 15.9 Å². The third-order valence-corrected chi connectivity index (χ3v) is 6.69. The number of aromatic nitrogens is 1. The molecule has 8 heteroatoms. The third-order valence-electron chi connectivity index (χ3n) is 5.35. The van der Waals surface area contributed by atoms with E-state index in [4.69, 9.17) is 0 Å². The Morgan fingerprint density at radius 3 is 2.32 bits per heavy atom. The minimum absolute atomic E-state index is 0.0729. The highest BCUT2D eigenvalue weighted by Crippen LogP contribution is 2.28. The molecule has 3 aromatic rings. The lowest BCUT2D eigenvalue weighted by Crippen LogP contribution is -2.41. The monoisotopic (exact) mass is 481 g/mol. The summed E-state index contributed by atoms with van der Waals surface area (Å²) >= 11 is 0. The molecule has 0 aliphatic carbocycles. The van der Waals surface area contributed by atoms with Gasteiger partial charge in [-0.25, -0.2) is 18.1 Å². The number of aliphatic hydroxyl groups is 1. The van der Waals surface area contributed by atoms with Gasteiger partial charge in [-0.2, -0.15) is 0 Å². The van der Waals surface area contributed by atoms with Gasteiger partial charge >= 0.3 is 0 Å². The quantitative estimate of drug-likeness (QED) is 0.389. The van der Waals surface area contributed by atoms with Gasteiger partial charge in [-0.15, -0.1) is 0 Å². The molecular weight excluding hydrogens is 450 g/mol. The second kappa shape index (κ2) is 11.9. The Morgan fingerprint density at radius 1 is 0.941 bits per heavy atom. The molecular formula is C26H31N3O4S. The van der Waals surface area contributed by atoms with Crippen LogP contribution in [0.25, 0.3) is 11.1 Å². The smallest absolute Gasteiger partial charge is 0.258 e. The van der Waals surface area contributed by atoms with Crippen LogP contribution in [0.4, 0.5) is 0 Å². The number of nitrogens with one attached hydrogen (secondary N) is 2. The van der Waals surface area contributed by atoms with Crippen LogP contribution < -0.4 is 10.0 Å². The summed E-state index contributed by atoms with van der Waals surface area (Å²) in [4.78, 5) is 16.9. The first-order chi connectivity index (χ1) is 16.3. The SMILES string of the molecule is CC(C)C[C@@H](C(=O)NC[C@H](O)CNS(=O)(=O)c1ccccn1)c1cccc(-c2ccccc2)c1. The van der Waals surface area contributed by atoms with Crippen molar-refractivity contribution in [2.24, 2.45) is 5.92 Å². The van der Waals surface area contributed by atoms with Gasteiger partial charge < -0.3 is 10.4 Å². The topological polar surface area (TPSA) is 108 Å². The van der Waals surface area contributed by atoms with E-state index in [9.17, 15) is 18.3 Å². The molecule has 3 rings (SSSR count). The standard InChI is InChI=1S/C26H31N3O4S/c1-19(2)15-24(22-12-8-11-21(16-22)20-9-4-3-5-10-20)26(31)28-17-23(30)18-29-34(32,33)25-13-6-7-14-27-25/h3-14,16,19,23-24,29-30H,15,17-18H2,1-2H3,(H,28,31)/t23-,24+/m0/s1. The lowest BCUT2D eigenvalue weighted by molar-refractivity contribution is -0.123. The van der Waals surface area contributed by atoms with E-state index in [2.05, 4.69) is 28.9 Å². The van der Waals surface area contributed by atoms with Crippen LogP contribution >= 0.6 is 0 Å². The molecule has 2 atom stereocenters. The van der Waals surface area contributed by atoms with Crippen molar-refractivity contribution in [3.05, 3.63) is 84.6 Å². The van der Waals surface area contributed by atoms with Crippen molar-refractivity contribution in [1.29, 1.82) is 0 Å². The van der Waals surface area contributed by atoms with Crippen LogP contribution in [0.5, 0.6) is 0 Å². The molecule has 1 amide bonds. The number of amides is 1. The van der Waals surface area contributed by atoms with Gasteiger partial charge in [0.2, 0.25) is 5.91 Å². The van der Waals surface area contributed by atoms with E-state index in [0.29, 0.717) is 6.42 Å². The molecule has 7 nitrogen and oxygen atoms in total. The number of hydrogen-bond donors (Lipinski definition) is 3. The predicted molar refractivity (Wildman–Crippen MR) is 133 cm³/mol. The van der Waals surface area contributed by atoms with Crippen LogP contribution in [-0.2, 0) is 14.8 Å². The van der Waals surface area contributed by atoms with Crippen LogP contribution in [0, 0.1) is 5.92 Å². The van der Waals surface area contributed by atoms with E-state index < -0.39 is 16.1 Å². The molecule has 0 saturated carbocycles. The van der Waals surface area contributed by atoms with Crippen LogP contribution in [0.15, 0.2) is 84.0 Å². The van der Waals surface area contributed by atoms with E-state index in [-0.39, 0.29) is 35.9 Å². The summed E-state index contributed by atoms with van der Waals surface area (Å²) in [6.07, 6.45) is 0.942. The maximum absolute atomic E-state index is 13.1. The van der Waals surface area contributed by atoms with Crippen LogP contribution in [0.1, 0.15) is 31.7 Å². The number of carbonyl (C=O) groups is 1. The minimum Gasteiger partial charge on any atom is -0.390 e. The lowest BCUT2D eigenvalue weighted by Gasteiger charge is -2.21. The molecule has 2 aromatic carbocycles. The van der Waals surface area contributed by atoms with Gasteiger partial charge in [0.25, 0.3) is 10.0 Å². The van der Waals surface area contributed by atoms with Gasteiger partial charge in [0, 0.05) is 19.3 Å². The molecule has 0 saturated heterocycles. The van der Waals surface area contributed by atoms with Crippen molar-refractivity contribution in [1.82, 2.24) is 15.0 Å². The van der Waals surface area contributed by atoms with Gasteiger partial charge in [-0.1, -0.05) is 74.5 Å². The van der Waals surface area contributed by atoms with E-state index in [0.717, 1.165) is 16.7 Å². The number of rotatable bonds is 11. The molecule has 34 heavy (non-hydrogen) atoms. The van der Waals surface area contributed by atoms with Crippen molar-refractivity contribution < 1.29 is 18.3 Å². The zero-order chi connectivity index (χ0) is 24.6. The van der Waals surface area contributed by atoms with Gasteiger partial charge in [0.15, 0.2) is 5.03 Å². The Balaban J connectivity index is 1.64. The van der Waals surface area contributed by atoms with Gasteiger partial charge in [0.05, 0.1) is 12.0 Å². The molecule has 0 spiro atoms. The summed E-state index contributed by atoms with van der Waals surface area (Å²) in [6.45, 7) is 3.80. The van der Waals surface area contributed by atoms with Crippen LogP contribution in [0.3, 0.4) is 0 Å². The average Bonchev–Trinajstić information content (AvgIpc) is 2.85. The molecule has 180 valence electrons. The Kier molecular flexibility index (Phi) is 8.92. The summed E-state index contributed by atoms with van der Waals surface area (Å²) in [5.74, 6) is -0.308. The average molecular weight is 482 g/mol. The molecule has 0 aliphatic rings. The lowest BCUT2D eigenvalue weighted by atomic mass is 9.88. The van der Waals surface area contributed by atoms with Gasteiger partial charge in [-0.3, -0.25) is 4.79 Å². The fourth-order valence-electron chi connectivity index (χ4n) is 3.63. The zero-order valence-electron chi connectivity index (χ0n) is 19.4. The fraction of sp³-hybridized carbons (Fsp3) is 0.308. The number of pyridine rings is 1. The molecule has 3 N–H and O–H groups in total. The van der Waals surface area contributed by atoms with Gasteiger partial charge in [-0.05, 0) is 41.2 Å². The summed E-state index contributed by atoms with van der Waals surface area (Å²) in [5, 5.41) is 12.9. The first kappa shape index (κ1) is 25.6. The third kappa shape index (κ3) is 7.21. The Hall–Kier alpha value is -3.07. The summed E-state index contributed by atoms with van der Waals surface area (Å²) < 4.78 is 26.9. The van der Waals surface area contributed by atoms with E-state index in [1.807, 2.05) is 54.6 Å². The predicted octanol–water partition coefficient (Wildman–Crippen LogP) is 3.33. The molecule has 0 unspecified atom stereocenters. The second-order valence-electron chi connectivity index (χ2n) is 8.59. The highest BCUT2D eigenvalue weighted by molar-refractivity contribution is 7.89. The Morgan fingerprint density at radius 2 is 1.65 bits per heavy atom. The second-order valence-corrected chi connectivity index (χ2v) is 10.3. The summed E-state index contributed by atoms with van der Waals surface area (Å²) in [7, 11) is -3.83. The zero-order valence-corrected chi connectivity index (χ0v) is 20.2. The number of hydrogen-bond acceptors (Lipinski definition) is 5. The summed E-state index contributed by atoms with van der Waals surface area (Å²) in [5.41, 5.74) is 3.00. The number of benzene rings is 2. The maximum atomic E-state index is 13.1. The highest BCUT2D eigenvalue weighted by Gasteiger charge is 2.23. The normalized spacial score (nSPS) is 13.4. The van der Waals surface area contributed by atoms with E-state index in [1.165, 1.54) is 12.3 Å². The fourth-order valence-corrected chi connectivity index (χ4v) is 4.65. The molecule has 0 bridgehead atoms. The first-order valence-corrected chi connectivity index (χ1v) is 12.8. The van der Waals surface area contributed by atoms with Gasteiger partial charge in [0.1, 0.15) is 0 Å².